The predicted molar refractivity (Wildman–Crippen MR) is 134 cm³/mol. The smallest absolute Gasteiger partial charge is 0.258 e. The van der Waals surface area contributed by atoms with Gasteiger partial charge in [0.2, 0.25) is 17.7 Å². The number of hydrogen-bond donors (Lipinski definition) is 2. The van der Waals surface area contributed by atoms with Crippen molar-refractivity contribution in [2.45, 2.75) is 51.6 Å². The zero-order valence-corrected chi connectivity index (χ0v) is 20.7. The van der Waals surface area contributed by atoms with Crippen molar-refractivity contribution in [3.63, 3.8) is 0 Å². The van der Waals surface area contributed by atoms with E-state index in [4.69, 9.17) is 4.74 Å². The Hall–Kier alpha value is -3.83. The van der Waals surface area contributed by atoms with Crippen LogP contribution in [0.3, 0.4) is 0 Å². The van der Waals surface area contributed by atoms with Crippen molar-refractivity contribution in [2.24, 2.45) is 5.41 Å². The number of ether oxygens (including phenoxy) is 1. The van der Waals surface area contributed by atoms with E-state index in [0.29, 0.717) is 33.9 Å². The summed E-state index contributed by atoms with van der Waals surface area (Å²) in [5, 5.41) is 11.9. The highest BCUT2D eigenvalue weighted by Crippen LogP contribution is 2.44. The highest BCUT2D eigenvalue weighted by molar-refractivity contribution is 5.99. The Morgan fingerprint density at radius 3 is 2.78 bits per heavy atom. The average Bonchev–Trinajstić information content (AvgIpc) is 3.62. The monoisotopic (exact) mass is 510 g/mol. The number of H-pyrrole nitrogens is 1. The van der Waals surface area contributed by atoms with Gasteiger partial charge in [-0.25, -0.2) is 13.5 Å². The number of nitrogens with one attached hydrogen (secondary N) is 2. The summed E-state index contributed by atoms with van der Waals surface area (Å²) in [5.74, 6) is 1.06. The number of alkyl halides is 2. The topological polar surface area (TPSA) is 114 Å². The molecule has 2 aliphatic rings. The number of carbonyl (C=O) groups excluding carboxylic acids is 1. The number of likely N-dealkylation sites (tertiary alicyclic amines) is 1. The maximum Gasteiger partial charge on any atom is 0.258 e. The zero-order chi connectivity index (χ0) is 25.7. The van der Waals surface area contributed by atoms with Crippen LogP contribution >= 0.6 is 0 Å². The molecule has 1 amide bonds. The number of benzene rings is 1. The number of anilines is 1. The number of nitrogens with zero attached hydrogens (tertiary/aromatic N) is 6. The molecule has 0 spiro atoms. The number of aromatic amines is 1. The number of fused-ring (bicyclic) bond motifs is 2. The van der Waals surface area contributed by atoms with Gasteiger partial charge >= 0.3 is 0 Å². The van der Waals surface area contributed by atoms with Crippen LogP contribution in [0.5, 0.6) is 5.88 Å². The third kappa shape index (κ3) is 4.13. The zero-order valence-electron chi connectivity index (χ0n) is 20.7. The van der Waals surface area contributed by atoms with Gasteiger partial charge in [0.05, 0.1) is 23.4 Å². The number of halogens is 2. The van der Waals surface area contributed by atoms with Crippen LogP contribution in [0.1, 0.15) is 32.6 Å². The quantitative estimate of drug-likeness (QED) is 0.388. The highest BCUT2D eigenvalue weighted by Gasteiger charge is 2.48. The second-order valence-electron chi connectivity index (χ2n) is 10.2. The Morgan fingerprint density at radius 1 is 1.27 bits per heavy atom. The molecule has 12 heteroatoms. The maximum absolute atomic E-state index is 13.0. The summed E-state index contributed by atoms with van der Waals surface area (Å²) in [6.07, 6.45) is 2.88. The lowest BCUT2D eigenvalue weighted by atomic mass is 9.66. The number of carbonyl (C=O) groups is 1. The minimum Gasteiger partial charge on any atom is -0.480 e. The van der Waals surface area contributed by atoms with E-state index in [0.717, 1.165) is 49.9 Å². The van der Waals surface area contributed by atoms with Crippen molar-refractivity contribution < 1.29 is 18.3 Å². The molecule has 194 valence electrons. The summed E-state index contributed by atoms with van der Waals surface area (Å²) in [4.78, 5) is 27.3. The fraction of sp³-hybridized carbons (Fsp3) is 0.480. The summed E-state index contributed by atoms with van der Waals surface area (Å²) >= 11 is 0. The van der Waals surface area contributed by atoms with E-state index in [1.165, 1.54) is 4.68 Å². The Balaban J connectivity index is 1.25. The number of methoxy groups -OCH3 is 1. The first-order valence-corrected chi connectivity index (χ1v) is 12.5. The van der Waals surface area contributed by atoms with Crippen molar-refractivity contribution >= 4 is 33.9 Å². The minimum absolute atomic E-state index is 0.0955. The van der Waals surface area contributed by atoms with E-state index < -0.39 is 13.0 Å². The molecule has 4 aromatic rings. The van der Waals surface area contributed by atoms with Gasteiger partial charge < -0.3 is 19.9 Å². The third-order valence-electron chi connectivity index (χ3n) is 7.46. The molecule has 1 aliphatic heterocycles. The third-order valence-corrected chi connectivity index (χ3v) is 7.46. The minimum atomic E-state index is -2.53. The molecule has 1 aliphatic carbocycles. The van der Waals surface area contributed by atoms with Gasteiger partial charge in [-0.2, -0.15) is 9.97 Å². The number of hydrogen-bond acceptors (Lipinski definition) is 7. The van der Waals surface area contributed by atoms with Gasteiger partial charge in [0.1, 0.15) is 17.7 Å². The van der Waals surface area contributed by atoms with E-state index in [2.05, 4.69) is 30.6 Å². The van der Waals surface area contributed by atoms with E-state index >= 15 is 0 Å². The lowest BCUT2D eigenvalue weighted by molar-refractivity contribution is -0.145. The SMILES string of the molecule is COc1nc(NC2CC(C)(C(=O)N3CCCC3)C2)nc2[nH]cc(-c3ccc4nnn(CC(F)F)c4c3)c12. The van der Waals surface area contributed by atoms with Gasteiger partial charge in [0, 0.05) is 30.9 Å². The lowest BCUT2D eigenvalue weighted by Crippen LogP contribution is -2.53. The Morgan fingerprint density at radius 2 is 2.05 bits per heavy atom. The van der Waals surface area contributed by atoms with E-state index in [1.807, 2.05) is 17.9 Å². The van der Waals surface area contributed by atoms with E-state index in [-0.39, 0.29) is 17.4 Å². The number of rotatable bonds is 7. The molecule has 6 rings (SSSR count). The summed E-state index contributed by atoms with van der Waals surface area (Å²) in [7, 11) is 1.54. The molecular formula is C25H28F2N8O2. The molecule has 2 fully saturated rings. The van der Waals surface area contributed by atoms with E-state index in [9.17, 15) is 13.6 Å². The van der Waals surface area contributed by atoms with E-state index in [1.54, 1.807) is 25.4 Å². The molecule has 1 aromatic carbocycles. The second kappa shape index (κ2) is 8.93. The van der Waals surface area contributed by atoms with Crippen LogP contribution < -0.4 is 10.1 Å². The fourth-order valence-electron chi connectivity index (χ4n) is 5.63. The van der Waals surface area contributed by atoms with Gasteiger partial charge in [-0.15, -0.1) is 5.10 Å². The fourth-order valence-corrected chi connectivity index (χ4v) is 5.63. The molecule has 0 unspecified atom stereocenters. The average molecular weight is 511 g/mol. The molecule has 37 heavy (non-hydrogen) atoms. The lowest BCUT2D eigenvalue weighted by Gasteiger charge is -2.45. The first-order valence-electron chi connectivity index (χ1n) is 12.5. The molecule has 1 saturated heterocycles. The van der Waals surface area contributed by atoms with Crippen molar-refractivity contribution in [1.29, 1.82) is 0 Å². The first kappa shape index (κ1) is 23.6. The molecule has 2 N–H and O–H groups in total. The number of aromatic nitrogens is 6. The Kier molecular flexibility index (Phi) is 5.68. The van der Waals surface area contributed by atoms with Crippen LogP contribution in [-0.2, 0) is 11.3 Å². The van der Waals surface area contributed by atoms with Crippen LogP contribution in [-0.4, -0.2) is 73.4 Å². The van der Waals surface area contributed by atoms with Gasteiger partial charge in [-0.3, -0.25) is 4.79 Å². The van der Waals surface area contributed by atoms with Crippen LogP contribution in [0.4, 0.5) is 14.7 Å². The Bertz CT molecular complexity index is 1470. The molecule has 0 bridgehead atoms. The summed E-state index contributed by atoms with van der Waals surface area (Å²) in [6.45, 7) is 3.22. The van der Waals surface area contributed by atoms with Gasteiger partial charge in [0.25, 0.3) is 6.43 Å². The first-order chi connectivity index (χ1) is 17.8. The van der Waals surface area contributed by atoms with Gasteiger partial charge in [-0.1, -0.05) is 18.2 Å². The standard InChI is InChI=1S/C25H28F2N8O2/c1-25(23(36)34-7-3-4-8-34)10-15(11-25)29-24-30-21-20(22(31-24)37-2)16(12-28-21)14-5-6-17-18(9-14)35(33-32-17)13-19(26)27/h5-6,9,12,15,19H,3-4,7-8,10-11,13H2,1-2H3,(H2,28,29,30,31). The second-order valence-corrected chi connectivity index (χ2v) is 10.2. The molecule has 3 aromatic heterocycles. The molecule has 0 atom stereocenters. The molecular weight excluding hydrogens is 482 g/mol. The van der Waals surface area contributed by atoms with Gasteiger partial charge in [-0.05, 0) is 43.4 Å². The van der Waals surface area contributed by atoms with Crippen molar-refractivity contribution in [2.75, 3.05) is 25.5 Å². The van der Waals surface area contributed by atoms with Crippen LogP contribution in [0.2, 0.25) is 0 Å². The predicted octanol–water partition coefficient (Wildman–Crippen LogP) is 3.85. The normalized spacial score (nSPS) is 21.6. The van der Waals surface area contributed by atoms with Crippen molar-refractivity contribution in [1.82, 2.24) is 34.8 Å². The highest BCUT2D eigenvalue weighted by atomic mass is 19.3. The Labute approximate surface area is 211 Å². The largest absolute Gasteiger partial charge is 0.480 e. The molecule has 0 radical (unpaired) electrons. The van der Waals surface area contributed by atoms with Crippen LogP contribution in [0.25, 0.3) is 33.2 Å². The van der Waals surface area contributed by atoms with Crippen LogP contribution in [0, 0.1) is 5.41 Å². The summed E-state index contributed by atoms with van der Waals surface area (Å²) in [6, 6.07) is 5.47. The molecule has 10 nitrogen and oxygen atoms in total. The summed E-state index contributed by atoms with van der Waals surface area (Å²) < 4.78 is 32.8. The maximum atomic E-state index is 13.0. The summed E-state index contributed by atoms with van der Waals surface area (Å²) in [5.41, 5.74) is 2.84. The number of amides is 1. The molecule has 4 heterocycles. The van der Waals surface area contributed by atoms with Gasteiger partial charge in [0.15, 0.2) is 0 Å². The van der Waals surface area contributed by atoms with Crippen molar-refractivity contribution in [3.8, 4) is 17.0 Å². The van der Waals surface area contributed by atoms with Crippen molar-refractivity contribution in [3.05, 3.63) is 24.4 Å². The molecule has 1 saturated carbocycles. The van der Waals surface area contributed by atoms with Crippen LogP contribution in [0.15, 0.2) is 24.4 Å².